The molecule has 2 unspecified atom stereocenters. The van der Waals surface area contributed by atoms with Crippen molar-refractivity contribution in [2.24, 2.45) is 0 Å². The van der Waals surface area contributed by atoms with Gasteiger partial charge in [-0.1, -0.05) is 78.1 Å². The molecule has 1 fully saturated rings. The molecule has 0 bridgehead atoms. The van der Waals surface area contributed by atoms with Crippen molar-refractivity contribution in [2.75, 3.05) is 0 Å². The van der Waals surface area contributed by atoms with Crippen LogP contribution in [-0.4, -0.2) is 67.5 Å². The lowest BCUT2D eigenvalue weighted by Crippen LogP contribution is -2.37. The van der Waals surface area contributed by atoms with Gasteiger partial charge >= 0.3 is 24.6 Å². The predicted molar refractivity (Wildman–Crippen MR) is 123 cm³/mol. The molecule has 12 nitrogen and oxygen atoms in total. The Bertz CT molecular complexity index is 470. The fraction of sp³-hybridized carbons (Fsp3) is 0.818. The molecule has 6 N–H and O–H groups in total. The molecule has 202 valence electrons. The van der Waals surface area contributed by atoms with Gasteiger partial charge in [-0.3, -0.25) is 0 Å². The second-order valence-corrected chi connectivity index (χ2v) is 7.52. The predicted octanol–water partition coefficient (Wildman–Crippen LogP) is 7.06. The Labute approximate surface area is 200 Å². The number of unbranched alkanes of at least 4 members (excludes halogenated alkanes) is 9. The lowest BCUT2D eigenvalue weighted by molar-refractivity contribution is -0.0576. The van der Waals surface area contributed by atoms with Crippen LogP contribution in [0.25, 0.3) is 0 Å². The molecule has 0 aromatic carbocycles. The summed E-state index contributed by atoms with van der Waals surface area (Å²) in [5.41, 5.74) is 0. The maximum atomic E-state index is 10.3. The minimum atomic E-state index is -1.83. The van der Waals surface area contributed by atoms with E-state index in [1.54, 1.807) is 0 Å². The van der Waals surface area contributed by atoms with E-state index in [0.29, 0.717) is 12.8 Å². The monoisotopic (exact) mass is 498 g/mol. The smallest absolute Gasteiger partial charge is 0.450 e. The van der Waals surface area contributed by atoms with Crippen molar-refractivity contribution in [3.63, 3.8) is 0 Å². The molecule has 0 spiro atoms. The van der Waals surface area contributed by atoms with Gasteiger partial charge in [-0.25, -0.2) is 19.2 Å². The van der Waals surface area contributed by atoms with Crippen molar-refractivity contribution in [2.45, 2.75) is 116 Å². The standard InChI is InChI=1S/C12H26.C8H12O6.2CH2O3/c1-3-5-7-9-11-12-10-8-6-4-2;9-7(10)13-5-3-1-2-4-6(5)14-8(11)12;2*2-1(3)4/h3-12H2,1-2H3;5-6H,1-4H2,(H,9,10)(H,11,12);2*(H2,2,3,4). The normalized spacial score (nSPS) is 16.1. The van der Waals surface area contributed by atoms with Crippen molar-refractivity contribution < 1.29 is 59.3 Å². The first-order chi connectivity index (χ1) is 16.0. The zero-order valence-electron chi connectivity index (χ0n) is 20.2. The summed E-state index contributed by atoms with van der Waals surface area (Å²) < 4.78 is 9.07. The summed E-state index contributed by atoms with van der Waals surface area (Å²) in [6.07, 6.45) is 9.38. The zero-order chi connectivity index (χ0) is 26.8. The number of rotatable bonds is 11. The van der Waals surface area contributed by atoms with E-state index in [1.807, 2.05) is 0 Å². The molecule has 1 aliphatic carbocycles. The van der Waals surface area contributed by atoms with Crippen LogP contribution in [0.15, 0.2) is 0 Å². The first-order valence-corrected chi connectivity index (χ1v) is 11.6. The number of ether oxygens (including phenoxy) is 2. The second kappa shape index (κ2) is 26.3. The molecule has 0 saturated heterocycles. The average Bonchev–Trinajstić information content (AvgIpc) is 2.70. The molecule has 34 heavy (non-hydrogen) atoms. The van der Waals surface area contributed by atoms with E-state index in [4.69, 9.17) is 40.2 Å². The van der Waals surface area contributed by atoms with Crippen LogP contribution in [0, 0.1) is 0 Å². The Morgan fingerprint density at radius 2 is 0.794 bits per heavy atom. The Morgan fingerprint density at radius 1 is 0.559 bits per heavy atom. The first-order valence-electron chi connectivity index (χ1n) is 11.6. The first kappa shape index (κ1) is 35.7. The van der Waals surface area contributed by atoms with Gasteiger partial charge in [-0.05, 0) is 25.7 Å². The number of hydrogen-bond acceptors (Lipinski definition) is 6. The summed E-state index contributed by atoms with van der Waals surface area (Å²) >= 11 is 0. The third kappa shape index (κ3) is 36.5. The van der Waals surface area contributed by atoms with Crippen molar-refractivity contribution in [1.29, 1.82) is 0 Å². The number of carbonyl (C=O) groups is 4. The van der Waals surface area contributed by atoms with Gasteiger partial charge in [0.1, 0.15) is 12.2 Å². The highest BCUT2D eigenvalue weighted by atomic mass is 16.7. The molecule has 2 atom stereocenters. The molecule has 0 aromatic rings. The lowest BCUT2D eigenvalue weighted by Gasteiger charge is -2.28. The maximum absolute atomic E-state index is 10.3. The Morgan fingerprint density at radius 3 is 1.00 bits per heavy atom. The number of hydrogen-bond donors (Lipinski definition) is 6. The summed E-state index contributed by atoms with van der Waals surface area (Å²) in [4.78, 5) is 37.7. The summed E-state index contributed by atoms with van der Waals surface area (Å²) in [6.45, 7) is 4.56. The third-order valence-electron chi connectivity index (χ3n) is 4.60. The topological polar surface area (TPSA) is 208 Å². The van der Waals surface area contributed by atoms with E-state index in [1.165, 1.54) is 64.2 Å². The van der Waals surface area contributed by atoms with Crippen LogP contribution in [0.4, 0.5) is 19.2 Å². The highest BCUT2D eigenvalue weighted by molar-refractivity contribution is 5.58. The molecule has 1 saturated carbocycles. The minimum absolute atomic E-state index is 0.518. The fourth-order valence-electron chi connectivity index (χ4n) is 3.15. The van der Waals surface area contributed by atoms with Gasteiger partial charge in [-0.15, -0.1) is 0 Å². The highest BCUT2D eigenvalue weighted by Crippen LogP contribution is 2.24. The number of carboxylic acid groups (broad SMARTS) is 6. The molecule has 1 aliphatic rings. The Balaban J connectivity index is -0.000000434. The summed E-state index contributed by atoms with van der Waals surface area (Å²) in [7, 11) is 0. The van der Waals surface area contributed by atoms with Crippen LogP contribution >= 0.6 is 0 Å². The van der Waals surface area contributed by atoms with Crippen molar-refractivity contribution in [3.8, 4) is 0 Å². The van der Waals surface area contributed by atoms with Crippen molar-refractivity contribution in [1.82, 2.24) is 0 Å². The molecule has 0 aliphatic heterocycles. The van der Waals surface area contributed by atoms with Gasteiger partial charge in [0.25, 0.3) is 0 Å². The van der Waals surface area contributed by atoms with Crippen LogP contribution in [-0.2, 0) is 9.47 Å². The quantitative estimate of drug-likeness (QED) is 0.125. The van der Waals surface area contributed by atoms with Gasteiger partial charge in [0, 0.05) is 0 Å². The maximum Gasteiger partial charge on any atom is 0.506 e. The molecule has 0 heterocycles. The van der Waals surface area contributed by atoms with Gasteiger partial charge in [0.05, 0.1) is 0 Å². The van der Waals surface area contributed by atoms with E-state index in [9.17, 15) is 9.59 Å². The van der Waals surface area contributed by atoms with Crippen LogP contribution in [0.3, 0.4) is 0 Å². The summed E-state index contributed by atoms with van der Waals surface area (Å²) in [6, 6.07) is 0. The van der Waals surface area contributed by atoms with Crippen LogP contribution in [0.5, 0.6) is 0 Å². The lowest BCUT2D eigenvalue weighted by atomic mass is 9.95. The molecule has 0 radical (unpaired) electrons. The molecular formula is C22H42O12. The summed E-state index contributed by atoms with van der Waals surface area (Å²) in [5, 5.41) is 44.7. The molecular weight excluding hydrogens is 456 g/mol. The van der Waals surface area contributed by atoms with Crippen LogP contribution in [0.1, 0.15) is 104 Å². The fourth-order valence-corrected chi connectivity index (χ4v) is 3.15. The average molecular weight is 499 g/mol. The van der Waals surface area contributed by atoms with E-state index in [0.717, 1.165) is 12.8 Å². The Kier molecular flexibility index (Phi) is 27.6. The largest absolute Gasteiger partial charge is 0.506 e. The van der Waals surface area contributed by atoms with Crippen molar-refractivity contribution >= 4 is 24.6 Å². The van der Waals surface area contributed by atoms with Crippen LogP contribution < -0.4 is 0 Å². The van der Waals surface area contributed by atoms with E-state index in [-0.39, 0.29) is 0 Å². The zero-order valence-corrected chi connectivity index (χ0v) is 20.2. The molecule has 0 amide bonds. The van der Waals surface area contributed by atoms with Crippen LogP contribution in [0.2, 0.25) is 0 Å². The minimum Gasteiger partial charge on any atom is -0.450 e. The van der Waals surface area contributed by atoms with E-state index < -0.39 is 36.8 Å². The van der Waals surface area contributed by atoms with Crippen molar-refractivity contribution in [3.05, 3.63) is 0 Å². The molecule has 1 rings (SSSR count). The summed E-state index contributed by atoms with van der Waals surface area (Å²) in [5.74, 6) is 0. The highest BCUT2D eigenvalue weighted by Gasteiger charge is 2.31. The Hall–Kier alpha value is -2.92. The van der Waals surface area contributed by atoms with E-state index in [2.05, 4.69) is 23.3 Å². The van der Waals surface area contributed by atoms with E-state index >= 15 is 0 Å². The van der Waals surface area contributed by atoms with Gasteiger partial charge in [-0.2, -0.15) is 0 Å². The molecule has 12 heteroatoms. The molecule has 0 aromatic heterocycles. The van der Waals surface area contributed by atoms with Gasteiger partial charge in [0.2, 0.25) is 0 Å². The SMILES string of the molecule is CCCCCCCCCCCC.O=C(O)O.O=C(O)O.O=C(O)OC1CCCCC1OC(=O)O. The second-order valence-electron chi connectivity index (χ2n) is 7.52. The van der Waals surface area contributed by atoms with Gasteiger partial charge in [0.15, 0.2) is 0 Å². The van der Waals surface area contributed by atoms with Gasteiger partial charge < -0.3 is 40.1 Å². The third-order valence-corrected chi connectivity index (χ3v) is 4.60.